The van der Waals surface area contributed by atoms with Crippen molar-refractivity contribution in [3.05, 3.63) is 29.6 Å². The van der Waals surface area contributed by atoms with Crippen LogP contribution in [0.2, 0.25) is 0 Å². The van der Waals surface area contributed by atoms with Crippen molar-refractivity contribution in [3.63, 3.8) is 0 Å². The van der Waals surface area contributed by atoms with Crippen LogP contribution >= 0.6 is 0 Å². The second-order valence-corrected chi connectivity index (χ2v) is 6.23. The molecule has 0 amide bonds. The first-order valence-electron chi connectivity index (χ1n) is 5.57. The van der Waals surface area contributed by atoms with E-state index in [1.807, 2.05) is 0 Å². The number of aromatic nitrogens is 2. The highest BCUT2D eigenvalue weighted by atomic mass is 32.2. The van der Waals surface area contributed by atoms with Crippen LogP contribution in [0.5, 0.6) is 0 Å². The highest BCUT2D eigenvalue weighted by Gasteiger charge is 2.18. The molecular weight excluding hydrogens is 297 g/mol. The van der Waals surface area contributed by atoms with Crippen LogP contribution < -0.4 is 11.5 Å². The number of nitrogens with two attached hydrogens (primary N) is 2. The molecule has 0 spiro atoms. The lowest BCUT2D eigenvalue weighted by Gasteiger charge is -2.08. The van der Waals surface area contributed by atoms with E-state index in [1.54, 1.807) is 6.07 Å². The third-order valence-corrected chi connectivity index (χ3v) is 3.80. The zero-order valence-electron chi connectivity index (χ0n) is 10.8. The molecule has 0 aliphatic rings. The predicted octanol–water partition coefficient (Wildman–Crippen LogP) is 0.722. The van der Waals surface area contributed by atoms with E-state index < -0.39 is 15.7 Å². The Morgan fingerprint density at radius 3 is 2.48 bits per heavy atom. The average Bonchev–Trinajstić information content (AvgIpc) is 2.36. The highest BCUT2D eigenvalue weighted by Crippen LogP contribution is 2.28. The normalized spacial score (nSPS) is 11.1. The van der Waals surface area contributed by atoms with Gasteiger partial charge in [0.25, 0.3) is 0 Å². The molecule has 108 valence electrons. The highest BCUT2D eigenvalue weighted by molar-refractivity contribution is 7.90. The van der Waals surface area contributed by atoms with Gasteiger partial charge in [-0.2, -0.15) is 10.2 Å². The van der Waals surface area contributed by atoms with Gasteiger partial charge in [-0.15, -0.1) is 0 Å². The van der Waals surface area contributed by atoms with Gasteiger partial charge in [-0.05, 0) is 18.2 Å². The zero-order chi connectivity index (χ0) is 15.8. The molecule has 9 heteroatoms. The molecule has 1 aromatic heterocycles. The van der Waals surface area contributed by atoms with E-state index in [4.69, 9.17) is 16.7 Å². The summed E-state index contributed by atoms with van der Waals surface area (Å²) in [6.45, 7) is 0. The second kappa shape index (κ2) is 4.99. The molecule has 0 fully saturated rings. The number of sulfone groups is 1. The standard InChI is InChI=1S/C12H10FN5O2S/c1-21(19,20)6-2-3-7(9(13)4-6)10-8(5-14)11(15)18-12(16)17-10/h2-4H,1H3,(H4,15,16,17,18). The number of nitrogens with zero attached hydrogens (tertiary/aromatic N) is 3. The Bertz CT molecular complexity index is 874. The van der Waals surface area contributed by atoms with E-state index in [2.05, 4.69) is 9.97 Å². The lowest BCUT2D eigenvalue weighted by molar-refractivity contribution is 0.596. The summed E-state index contributed by atoms with van der Waals surface area (Å²) in [6.07, 6.45) is 0.961. The van der Waals surface area contributed by atoms with Crippen molar-refractivity contribution >= 4 is 21.6 Å². The maximum atomic E-state index is 14.1. The molecule has 2 aromatic rings. The van der Waals surface area contributed by atoms with Crippen LogP contribution in [0, 0.1) is 17.1 Å². The first-order valence-corrected chi connectivity index (χ1v) is 7.46. The molecule has 0 atom stereocenters. The summed E-state index contributed by atoms with van der Waals surface area (Å²) in [5.74, 6) is -1.24. The molecule has 0 saturated heterocycles. The SMILES string of the molecule is CS(=O)(=O)c1ccc(-c2nc(N)nc(N)c2C#N)c(F)c1. The van der Waals surface area contributed by atoms with Gasteiger partial charge in [0.1, 0.15) is 23.3 Å². The fraction of sp³-hybridized carbons (Fsp3) is 0.0833. The minimum absolute atomic E-state index is 0.0833. The summed E-state index contributed by atoms with van der Waals surface area (Å²) in [4.78, 5) is 7.24. The molecule has 2 rings (SSSR count). The van der Waals surface area contributed by atoms with Gasteiger partial charge >= 0.3 is 0 Å². The maximum Gasteiger partial charge on any atom is 0.222 e. The van der Waals surface area contributed by atoms with Crippen molar-refractivity contribution in [3.8, 4) is 17.3 Å². The number of nitrogen functional groups attached to an aromatic ring is 2. The van der Waals surface area contributed by atoms with Gasteiger partial charge in [0.2, 0.25) is 5.95 Å². The largest absolute Gasteiger partial charge is 0.382 e. The maximum absolute atomic E-state index is 14.1. The van der Waals surface area contributed by atoms with Crippen molar-refractivity contribution in [2.75, 3.05) is 17.7 Å². The molecule has 1 aromatic carbocycles. The average molecular weight is 307 g/mol. The van der Waals surface area contributed by atoms with Gasteiger partial charge in [-0.3, -0.25) is 0 Å². The van der Waals surface area contributed by atoms with Crippen molar-refractivity contribution in [1.29, 1.82) is 5.26 Å². The molecule has 0 aliphatic carbocycles. The lowest BCUT2D eigenvalue weighted by atomic mass is 10.1. The summed E-state index contributed by atoms with van der Waals surface area (Å²) >= 11 is 0. The zero-order valence-corrected chi connectivity index (χ0v) is 11.6. The number of benzene rings is 1. The molecule has 21 heavy (non-hydrogen) atoms. The van der Waals surface area contributed by atoms with Crippen LogP contribution in [0.4, 0.5) is 16.2 Å². The fourth-order valence-electron chi connectivity index (χ4n) is 1.72. The van der Waals surface area contributed by atoms with Gasteiger partial charge in [-0.25, -0.2) is 17.8 Å². The topological polar surface area (TPSA) is 136 Å². The molecule has 0 saturated carbocycles. The Hall–Kier alpha value is -2.73. The monoisotopic (exact) mass is 307 g/mol. The summed E-state index contributed by atoms with van der Waals surface area (Å²) in [6, 6.07) is 5.03. The number of hydrogen-bond acceptors (Lipinski definition) is 7. The van der Waals surface area contributed by atoms with Crippen molar-refractivity contribution in [2.24, 2.45) is 0 Å². The van der Waals surface area contributed by atoms with E-state index in [0.29, 0.717) is 0 Å². The Kier molecular flexibility index (Phi) is 3.49. The first kappa shape index (κ1) is 14.7. The van der Waals surface area contributed by atoms with E-state index in [1.165, 1.54) is 12.1 Å². The molecule has 0 bridgehead atoms. The van der Waals surface area contributed by atoms with Crippen molar-refractivity contribution in [1.82, 2.24) is 9.97 Å². The molecule has 0 radical (unpaired) electrons. The third-order valence-electron chi connectivity index (χ3n) is 2.69. The summed E-state index contributed by atoms with van der Waals surface area (Å²) in [5.41, 5.74) is 10.7. The van der Waals surface area contributed by atoms with Gasteiger partial charge in [0.05, 0.1) is 10.6 Å². The van der Waals surface area contributed by atoms with Gasteiger partial charge in [0, 0.05) is 11.8 Å². The summed E-state index contributed by atoms with van der Waals surface area (Å²) < 4.78 is 36.9. The number of hydrogen-bond donors (Lipinski definition) is 2. The van der Waals surface area contributed by atoms with Gasteiger partial charge in [0.15, 0.2) is 9.84 Å². The summed E-state index contributed by atoms with van der Waals surface area (Å²) in [5, 5.41) is 9.06. The van der Waals surface area contributed by atoms with E-state index in [-0.39, 0.29) is 33.5 Å². The van der Waals surface area contributed by atoms with E-state index in [0.717, 1.165) is 12.3 Å². The fourth-order valence-corrected chi connectivity index (χ4v) is 2.35. The number of nitriles is 1. The number of rotatable bonds is 2. The van der Waals surface area contributed by atoms with E-state index >= 15 is 0 Å². The Morgan fingerprint density at radius 2 is 1.95 bits per heavy atom. The Balaban J connectivity index is 2.72. The van der Waals surface area contributed by atoms with Crippen LogP contribution in [-0.2, 0) is 9.84 Å². The minimum atomic E-state index is -3.54. The van der Waals surface area contributed by atoms with Crippen LogP contribution in [0.1, 0.15) is 5.56 Å². The second-order valence-electron chi connectivity index (χ2n) is 4.22. The van der Waals surface area contributed by atoms with E-state index in [9.17, 15) is 12.8 Å². The third kappa shape index (κ3) is 2.75. The van der Waals surface area contributed by atoms with Gasteiger partial charge in [-0.1, -0.05) is 0 Å². The smallest absolute Gasteiger partial charge is 0.222 e. The molecule has 1 heterocycles. The van der Waals surface area contributed by atoms with Crippen LogP contribution in [0.3, 0.4) is 0 Å². The minimum Gasteiger partial charge on any atom is -0.382 e. The van der Waals surface area contributed by atoms with Crippen LogP contribution in [-0.4, -0.2) is 24.6 Å². The van der Waals surface area contributed by atoms with Crippen molar-refractivity contribution < 1.29 is 12.8 Å². The van der Waals surface area contributed by atoms with Crippen molar-refractivity contribution in [2.45, 2.75) is 4.90 Å². The van der Waals surface area contributed by atoms with Crippen LogP contribution in [0.15, 0.2) is 23.1 Å². The number of halogens is 1. The first-order chi connectivity index (χ1) is 9.74. The summed E-state index contributed by atoms with van der Waals surface area (Å²) in [7, 11) is -3.54. The predicted molar refractivity (Wildman–Crippen MR) is 74.1 cm³/mol. The molecular formula is C12H10FN5O2S. The molecule has 0 aliphatic heterocycles. The molecule has 7 nitrogen and oxygen atoms in total. The Labute approximate surface area is 120 Å². The number of anilines is 2. The molecule has 0 unspecified atom stereocenters. The Morgan fingerprint density at radius 1 is 1.29 bits per heavy atom. The molecule has 4 N–H and O–H groups in total. The van der Waals surface area contributed by atoms with Gasteiger partial charge < -0.3 is 11.5 Å². The lowest BCUT2D eigenvalue weighted by Crippen LogP contribution is -2.06. The van der Waals surface area contributed by atoms with Crippen LogP contribution in [0.25, 0.3) is 11.3 Å². The quantitative estimate of drug-likeness (QED) is 0.834.